The average Bonchev–Trinajstić information content (AvgIpc) is 2.86. The zero-order chi connectivity index (χ0) is 23.2. The zero-order valence-electron chi connectivity index (χ0n) is 18.9. The van der Waals surface area contributed by atoms with Gasteiger partial charge in [-0.25, -0.2) is 4.79 Å². The Morgan fingerprint density at radius 1 is 1.00 bits per heavy atom. The van der Waals surface area contributed by atoms with Gasteiger partial charge in [-0.05, 0) is 47.5 Å². The number of carbonyl (C=O) groups is 2. The zero-order valence-corrected chi connectivity index (χ0v) is 18.9. The summed E-state index contributed by atoms with van der Waals surface area (Å²) in [5.74, 6) is -0.235. The summed E-state index contributed by atoms with van der Waals surface area (Å²) in [6.07, 6.45) is 0.733. The standard InChI is InChI=1S/C26H28N2O5/c1-3-12-33-26(30)21-17-20(8-9-23(21)28-10-13-32-14-11-28)27-25(29)22-15-18-6-4-5-7-19(18)16-24(22)31-2/h4-9,15-17H,3,10-14H2,1-2H3,(H,27,29). The molecule has 0 spiro atoms. The fourth-order valence-electron chi connectivity index (χ4n) is 3.89. The molecule has 1 fully saturated rings. The highest BCUT2D eigenvalue weighted by atomic mass is 16.5. The summed E-state index contributed by atoms with van der Waals surface area (Å²) in [5.41, 5.74) is 2.13. The molecule has 4 rings (SSSR count). The molecule has 3 aromatic carbocycles. The summed E-state index contributed by atoms with van der Waals surface area (Å²) >= 11 is 0. The van der Waals surface area contributed by atoms with E-state index in [2.05, 4.69) is 10.2 Å². The summed E-state index contributed by atoms with van der Waals surface area (Å²) in [7, 11) is 1.54. The second-order valence-electron chi connectivity index (χ2n) is 7.82. The Morgan fingerprint density at radius 2 is 1.73 bits per heavy atom. The van der Waals surface area contributed by atoms with Gasteiger partial charge in [-0.15, -0.1) is 0 Å². The minimum Gasteiger partial charge on any atom is -0.496 e. The molecule has 1 amide bonds. The highest BCUT2D eigenvalue weighted by molar-refractivity contribution is 6.09. The minimum absolute atomic E-state index is 0.315. The third kappa shape index (κ3) is 5.09. The molecule has 0 aliphatic carbocycles. The van der Waals surface area contributed by atoms with Gasteiger partial charge in [-0.1, -0.05) is 31.2 Å². The van der Waals surface area contributed by atoms with Gasteiger partial charge in [0.15, 0.2) is 0 Å². The number of morpholine rings is 1. The number of anilines is 2. The Bertz CT molecular complexity index is 1150. The summed E-state index contributed by atoms with van der Waals surface area (Å²) in [5, 5.41) is 4.84. The van der Waals surface area contributed by atoms with Gasteiger partial charge >= 0.3 is 5.97 Å². The van der Waals surface area contributed by atoms with Gasteiger partial charge in [0.1, 0.15) is 5.75 Å². The highest BCUT2D eigenvalue weighted by Crippen LogP contribution is 2.29. The SMILES string of the molecule is CCCOC(=O)c1cc(NC(=O)c2cc3ccccc3cc2OC)ccc1N1CCOCC1. The van der Waals surface area contributed by atoms with Gasteiger partial charge in [0.25, 0.3) is 5.91 Å². The first-order valence-corrected chi connectivity index (χ1v) is 11.1. The van der Waals surface area contributed by atoms with Crippen molar-refractivity contribution in [2.45, 2.75) is 13.3 Å². The molecule has 3 aromatic rings. The number of nitrogens with zero attached hydrogens (tertiary/aromatic N) is 1. The van der Waals surface area contributed by atoms with Crippen molar-refractivity contribution >= 4 is 34.0 Å². The van der Waals surface area contributed by atoms with Crippen LogP contribution >= 0.6 is 0 Å². The molecule has 1 aliphatic heterocycles. The fourth-order valence-corrected chi connectivity index (χ4v) is 3.89. The number of ether oxygens (including phenoxy) is 3. The second kappa shape index (κ2) is 10.4. The van der Waals surface area contributed by atoms with Gasteiger partial charge in [0.2, 0.25) is 0 Å². The number of methoxy groups -OCH3 is 1. The Hall–Kier alpha value is -3.58. The topological polar surface area (TPSA) is 77.1 Å². The predicted octanol–water partition coefficient (Wildman–Crippen LogP) is 4.50. The monoisotopic (exact) mass is 448 g/mol. The first kappa shape index (κ1) is 22.6. The van der Waals surface area contributed by atoms with E-state index >= 15 is 0 Å². The van der Waals surface area contributed by atoms with Crippen molar-refractivity contribution in [3.8, 4) is 5.75 Å². The number of hydrogen-bond donors (Lipinski definition) is 1. The third-order valence-electron chi connectivity index (χ3n) is 5.58. The fraction of sp³-hybridized carbons (Fsp3) is 0.308. The molecule has 0 atom stereocenters. The number of amides is 1. The number of benzene rings is 3. The lowest BCUT2D eigenvalue weighted by Gasteiger charge is -2.30. The maximum atomic E-state index is 13.1. The summed E-state index contributed by atoms with van der Waals surface area (Å²) in [4.78, 5) is 28.1. The smallest absolute Gasteiger partial charge is 0.340 e. The molecule has 0 saturated carbocycles. The van der Waals surface area contributed by atoms with E-state index in [4.69, 9.17) is 14.2 Å². The Morgan fingerprint density at radius 3 is 2.42 bits per heavy atom. The number of fused-ring (bicyclic) bond motifs is 1. The quantitative estimate of drug-likeness (QED) is 0.536. The predicted molar refractivity (Wildman–Crippen MR) is 129 cm³/mol. The van der Waals surface area contributed by atoms with Crippen LogP contribution in [0.5, 0.6) is 5.75 Å². The van der Waals surface area contributed by atoms with Gasteiger partial charge in [-0.2, -0.15) is 0 Å². The Balaban J connectivity index is 1.64. The highest BCUT2D eigenvalue weighted by Gasteiger charge is 2.21. The van der Waals surface area contributed by atoms with Crippen molar-refractivity contribution in [2.24, 2.45) is 0 Å². The molecule has 33 heavy (non-hydrogen) atoms. The molecular formula is C26H28N2O5. The summed E-state index contributed by atoms with van der Waals surface area (Å²) in [6.45, 7) is 4.87. The molecule has 0 unspecified atom stereocenters. The van der Waals surface area contributed by atoms with Crippen LogP contribution in [-0.4, -0.2) is 51.9 Å². The first-order valence-electron chi connectivity index (χ1n) is 11.1. The molecule has 0 radical (unpaired) electrons. The summed E-state index contributed by atoms with van der Waals surface area (Å²) < 4.78 is 16.3. The van der Waals surface area contributed by atoms with E-state index in [1.54, 1.807) is 19.2 Å². The first-order chi connectivity index (χ1) is 16.1. The van der Waals surface area contributed by atoms with Crippen LogP contribution in [0.4, 0.5) is 11.4 Å². The number of hydrogen-bond acceptors (Lipinski definition) is 6. The molecule has 0 bridgehead atoms. The molecule has 172 valence electrons. The Kier molecular flexibility index (Phi) is 7.10. The second-order valence-corrected chi connectivity index (χ2v) is 7.82. The van der Waals surface area contributed by atoms with Crippen LogP contribution in [0.25, 0.3) is 10.8 Å². The van der Waals surface area contributed by atoms with Crippen LogP contribution < -0.4 is 15.0 Å². The van der Waals surface area contributed by atoms with Crippen molar-refractivity contribution in [1.82, 2.24) is 0 Å². The van der Waals surface area contributed by atoms with E-state index in [0.29, 0.717) is 55.5 Å². The molecule has 1 heterocycles. The molecule has 0 aromatic heterocycles. The summed E-state index contributed by atoms with van der Waals surface area (Å²) in [6, 6.07) is 16.8. The molecule has 1 N–H and O–H groups in total. The van der Waals surface area contributed by atoms with Gasteiger partial charge < -0.3 is 24.4 Å². The van der Waals surface area contributed by atoms with Crippen molar-refractivity contribution in [3.63, 3.8) is 0 Å². The van der Waals surface area contributed by atoms with E-state index in [9.17, 15) is 9.59 Å². The maximum Gasteiger partial charge on any atom is 0.340 e. The van der Waals surface area contributed by atoms with Gasteiger partial charge in [0.05, 0.1) is 43.7 Å². The molecular weight excluding hydrogens is 420 g/mol. The van der Waals surface area contributed by atoms with Crippen LogP contribution in [0.2, 0.25) is 0 Å². The van der Waals surface area contributed by atoms with Crippen molar-refractivity contribution < 1.29 is 23.8 Å². The lowest BCUT2D eigenvalue weighted by Crippen LogP contribution is -2.37. The van der Waals surface area contributed by atoms with Crippen molar-refractivity contribution in [3.05, 3.63) is 65.7 Å². The molecule has 1 saturated heterocycles. The van der Waals surface area contributed by atoms with Gasteiger partial charge in [0, 0.05) is 18.8 Å². The third-order valence-corrected chi connectivity index (χ3v) is 5.58. The normalized spacial score (nSPS) is 13.6. The molecule has 7 nitrogen and oxygen atoms in total. The van der Waals surface area contributed by atoms with Crippen molar-refractivity contribution in [2.75, 3.05) is 50.2 Å². The lowest BCUT2D eigenvalue weighted by molar-refractivity contribution is 0.0504. The minimum atomic E-state index is -0.405. The Labute approximate surface area is 193 Å². The van der Waals surface area contributed by atoms with Crippen LogP contribution in [0.15, 0.2) is 54.6 Å². The van der Waals surface area contributed by atoms with Crippen molar-refractivity contribution in [1.29, 1.82) is 0 Å². The number of nitrogens with one attached hydrogen (secondary N) is 1. The largest absolute Gasteiger partial charge is 0.496 e. The maximum absolute atomic E-state index is 13.1. The van der Waals surface area contributed by atoms with E-state index in [-0.39, 0.29) is 5.91 Å². The average molecular weight is 449 g/mol. The van der Waals surface area contributed by atoms with Gasteiger partial charge in [-0.3, -0.25) is 4.79 Å². The molecule has 7 heteroatoms. The van der Waals surface area contributed by atoms with E-state index < -0.39 is 5.97 Å². The van der Waals surface area contributed by atoms with Crippen LogP contribution in [0.1, 0.15) is 34.1 Å². The van der Waals surface area contributed by atoms with E-state index in [0.717, 1.165) is 22.9 Å². The van der Waals surface area contributed by atoms with Crippen LogP contribution in [0, 0.1) is 0 Å². The number of rotatable bonds is 7. The van der Waals surface area contributed by atoms with Crippen LogP contribution in [-0.2, 0) is 9.47 Å². The number of carbonyl (C=O) groups excluding carboxylic acids is 2. The lowest BCUT2D eigenvalue weighted by atomic mass is 10.0. The number of esters is 1. The van der Waals surface area contributed by atoms with E-state index in [1.165, 1.54) is 0 Å². The van der Waals surface area contributed by atoms with E-state index in [1.807, 2.05) is 49.4 Å². The van der Waals surface area contributed by atoms with Crippen LogP contribution in [0.3, 0.4) is 0 Å². The molecule has 1 aliphatic rings.